The van der Waals surface area contributed by atoms with Crippen molar-refractivity contribution in [2.24, 2.45) is 5.92 Å². The number of ketones is 1. The van der Waals surface area contributed by atoms with Crippen LogP contribution in [0.5, 0.6) is 0 Å². The summed E-state index contributed by atoms with van der Waals surface area (Å²) in [5.74, 6) is 0.259. The Morgan fingerprint density at radius 1 is 1.17 bits per heavy atom. The van der Waals surface area contributed by atoms with Gasteiger partial charge in [-0.3, -0.25) is 9.69 Å². The molecule has 24 heavy (non-hydrogen) atoms. The number of nitrogens with zero attached hydrogens (tertiary/aromatic N) is 4. The molecule has 0 saturated carbocycles. The van der Waals surface area contributed by atoms with Gasteiger partial charge in [-0.25, -0.2) is 15.0 Å². The molecule has 122 valence electrons. The summed E-state index contributed by atoms with van der Waals surface area (Å²) in [4.78, 5) is 27.5. The molecule has 1 saturated heterocycles. The van der Waals surface area contributed by atoms with Crippen LogP contribution in [-0.4, -0.2) is 38.7 Å². The normalized spacial score (nSPS) is 16.5. The number of carbonyl (C=O) groups excluding carboxylic acids is 1. The molecule has 0 aliphatic carbocycles. The third-order valence-electron chi connectivity index (χ3n) is 4.51. The highest BCUT2D eigenvalue weighted by Gasteiger charge is 2.28. The fourth-order valence-electron chi connectivity index (χ4n) is 3.18. The summed E-state index contributed by atoms with van der Waals surface area (Å²) in [7, 11) is 0. The number of pyridine rings is 2. The van der Waals surface area contributed by atoms with E-state index in [2.05, 4.69) is 25.9 Å². The van der Waals surface area contributed by atoms with Crippen molar-refractivity contribution < 1.29 is 9.21 Å². The number of carbonyl (C=O) groups is 1. The quantitative estimate of drug-likeness (QED) is 0.688. The van der Waals surface area contributed by atoms with Crippen molar-refractivity contribution in [3.05, 3.63) is 54.5 Å². The van der Waals surface area contributed by atoms with Gasteiger partial charge in [-0.05, 0) is 50.2 Å². The van der Waals surface area contributed by atoms with Crippen molar-refractivity contribution >= 4 is 16.8 Å². The summed E-state index contributed by atoms with van der Waals surface area (Å²) in [6, 6.07) is 8.04. The number of piperidine rings is 1. The summed E-state index contributed by atoms with van der Waals surface area (Å²) in [6.07, 6.45) is 6.38. The molecule has 0 atom stereocenters. The van der Waals surface area contributed by atoms with Crippen LogP contribution in [0, 0.1) is 5.92 Å². The first kappa shape index (κ1) is 15.0. The highest BCUT2D eigenvalue weighted by atomic mass is 16.3. The lowest BCUT2D eigenvalue weighted by molar-refractivity contribution is 0.0798. The third-order valence-corrected chi connectivity index (χ3v) is 4.51. The van der Waals surface area contributed by atoms with E-state index in [1.165, 1.54) is 12.5 Å². The summed E-state index contributed by atoms with van der Waals surface area (Å²) < 4.78 is 5.12. The van der Waals surface area contributed by atoms with Crippen LogP contribution in [0.3, 0.4) is 0 Å². The van der Waals surface area contributed by atoms with Crippen LogP contribution >= 0.6 is 0 Å². The van der Waals surface area contributed by atoms with E-state index in [0.717, 1.165) is 49.2 Å². The zero-order valence-electron chi connectivity index (χ0n) is 13.3. The second-order valence-corrected chi connectivity index (χ2v) is 6.10. The molecule has 1 aliphatic heterocycles. The second kappa shape index (κ2) is 6.49. The number of fused-ring (bicyclic) bond motifs is 1. The molecule has 0 unspecified atom stereocenters. The zero-order chi connectivity index (χ0) is 16.4. The Hall–Kier alpha value is -2.60. The minimum Gasteiger partial charge on any atom is -0.442 e. The highest BCUT2D eigenvalue weighted by Crippen LogP contribution is 2.22. The highest BCUT2D eigenvalue weighted by molar-refractivity contribution is 5.93. The van der Waals surface area contributed by atoms with Gasteiger partial charge in [0.1, 0.15) is 6.26 Å². The van der Waals surface area contributed by atoms with Crippen molar-refractivity contribution in [3.63, 3.8) is 0 Å². The number of oxazole rings is 1. The Balaban J connectivity index is 1.38. The van der Waals surface area contributed by atoms with Crippen LogP contribution in [0.4, 0.5) is 0 Å². The first-order valence-corrected chi connectivity index (χ1v) is 8.16. The van der Waals surface area contributed by atoms with Gasteiger partial charge in [-0.2, -0.15) is 0 Å². The van der Waals surface area contributed by atoms with Crippen molar-refractivity contribution in [1.29, 1.82) is 0 Å². The van der Waals surface area contributed by atoms with Gasteiger partial charge in [-0.15, -0.1) is 0 Å². The van der Waals surface area contributed by atoms with Gasteiger partial charge < -0.3 is 4.42 Å². The molecule has 0 N–H and O–H groups in total. The van der Waals surface area contributed by atoms with Crippen LogP contribution in [-0.2, 0) is 6.54 Å². The van der Waals surface area contributed by atoms with Crippen LogP contribution in [0.2, 0.25) is 0 Å². The Morgan fingerprint density at radius 3 is 2.83 bits per heavy atom. The van der Waals surface area contributed by atoms with E-state index in [1.54, 1.807) is 6.20 Å². The maximum atomic E-state index is 12.3. The van der Waals surface area contributed by atoms with E-state index >= 15 is 0 Å². The fraction of sp³-hybridized carbons (Fsp3) is 0.333. The first-order valence-electron chi connectivity index (χ1n) is 8.16. The Bertz CT molecular complexity index is 839. The predicted molar refractivity (Wildman–Crippen MR) is 88.4 cm³/mol. The Labute approximate surface area is 139 Å². The molecule has 0 bridgehead atoms. The van der Waals surface area contributed by atoms with Crippen molar-refractivity contribution in [1.82, 2.24) is 19.9 Å². The first-order chi connectivity index (χ1) is 11.8. The van der Waals surface area contributed by atoms with E-state index in [-0.39, 0.29) is 17.6 Å². The maximum absolute atomic E-state index is 12.3. The van der Waals surface area contributed by atoms with Crippen LogP contribution in [0.25, 0.3) is 11.0 Å². The standard InChI is InChI=1S/C18H18N4O2/c23-16(18-20-8-11-24-18)13-5-9-22(10-6-13)12-15-4-3-14-2-1-7-19-17(14)21-15/h1-4,7-8,11,13H,5-6,9-10,12H2. The molecular formula is C18H18N4O2. The lowest BCUT2D eigenvalue weighted by Gasteiger charge is -2.30. The molecule has 4 rings (SSSR count). The van der Waals surface area contributed by atoms with Gasteiger partial charge in [0.2, 0.25) is 5.78 Å². The minimum atomic E-state index is 0.00568. The third kappa shape index (κ3) is 3.05. The molecule has 0 aromatic carbocycles. The van der Waals surface area contributed by atoms with Gasteiger partial charge in [0.25, 0.3) is 5.89 Å². The Kier molecular flexibility index (Phi) is 4.04. The smallest absolute Gasteiger partial charge is 0.263 e. The summed E-state index contributed by atoms with van der Waals surface area (Å²) in [6.45, 7) is 2.53. The van der Waals surface area contributed by atoms with E-state index in [9.17, 15) is 4.79 Å². The average Bonchev–Trinajstić information content (AvgIpc) is 3.16. The molecule has 1 aliphatic rings. The molecule has 6 heteroatoms. The lowest BCUT2D eigenvalue weighted by Crippen LogP contribution is -2.36. The zero-order valence-corrected chi connectivity index (χ0v) is 13.3. The number of aromatic nitrogens is 3. The van der Waals surface area contributed by atoms with Gasteiger partial charge in [0.15, 0.2) is 5.65 Å². The van der Waals surface area contributed by atoms with Gasteiger partial charge in [0, 0.05) is 24.0 Å². The second-order valence-electron chi connectivity index (χ2n) is 6.10. The van der Waals surface area contributed by atoms with Gasteiger partial charge >= 0.3 is 0 Å². The average molecular weight is 322 g/mol. The number of hydrogen-bond donors (Lipinski definition) is 0. The molecule has 3 aromatic rings. The van der Waals surface area contributed by atoms with E-state index in [1.807, 2.05) is 18.2 Å². The number of likely N-dealkylation sites (tertiary alicyclic amines) is 1. The number of hydrogen-bond acceptors (Lipinski definition) is 6. The molecule has 0 amide bonds. The van der Waals surface area contributed by atoms with E-state index in [0.29, 0.717) is 0 Å². The summed E-state index contributed by atoms with van der Waals surface area (Å²) in [5.41, 5.74) is 1.79. The van der Waals surface area contributed by atoms with Gasteiger partial charge in [-0.1, -0.05) is 0 Å². The van der Waals surface area contributed by atoms with Crippen LogP contribution in [0.1, 0.15) is 29.2 Å². The molecular weight excluding hydrogens is 304 g/mol. The maximum Gasteiger partial charge on any atom is 0.263 e. The predicted octanol–water partition coefficient (Wildman–Crippen LogP) is 2.71. The fourth-order valence-corrected chi connectivity index (χ4v) is 3.18. The van der Waals surface area contributed by atoms with Crippen molar-refractivity contribution in [2.45, 2.75) is 19.4 Å². The number of rotatable bonds is 4. The topological polar surface area (TPSA) is 72.1 Å². The number of Topliss-reactive ketones (excluding diaryl/α,β-unsaturated/α-hetero) is 1. The van der Waals surface area contributed by atoms with Crippen molar-refractivity contribution in [3.8, 4) is 0 Å². The molecule has 6 nitrogen and oxygen atoms in total. The van der Waals surface area contributed by atoms with Crippen molar-refractivity contribution in [2.75, 3.05) is 13.1 Å². The summed E-state index contributed by atoms with van der Waals surface area (Å²) >= 11 is 0. The molecule has 0 spiro atoms. The summed E-state index contributed by atoms with van der Waals surface area (Å²) in [5, 5.41) is 1.05. The van der Waals surface area contributed by atoms with Gasteiger partial charge in [0.05, 0.1) is 11.9 Å². The largest absolute Gasteiger partial charge is 0.442 e. The van der Waals surface area contributed by atoms with Crippen LogP contribution < -0.4 is 0 Å². The molecule has 0 radical (unpaired) electrons. The molecule has 1 fully saturated rings. The van der Waals surface area contributed by atoms with E-state index in [4.69, 9.17) is 4.42 Å². The van der Waals surface area contributed by atoms with E-state index < -0.39 is 0 Å². The van der Waals surface area contributed by atoms with Crippen LogP contribution in [0.15, 0.2) is 47.3 Å². The Morgan fingerprint density at radius 2 is 2.04 bits per heavy atom. The molecule has 4 heterocycles. The lowest BCUT2D eigenvalue weighted by atomic mass is 9.92. The molecule has 3 aromatic heterocycles. The monoisotopic (exact) mass is 322 g/mol. The minimum absolute atomic E-state index is 0.00568. The SMILES string of the molecule is O=C(c1ncco1)C1CCN(Cc2ccc3cccnc3n2)CC1.